The number of nitrogens with two attached hydrogens (primary N) is 1. The number of aromatic nitrogens is 1. The van der Waals surface area contributed by atoms with Gasteiger partial charge in [-0.3, -0.25) is 0 Å². The predicted molar refractivity (Wildman–Crippen MR) is 76.6 cm³/mol. The van der Waals surface area contributed by atoms with E-state index in [0.717, 1.165) is 11.3 Å². The van der Waals surface area contributed by atoms with Gasteiger partial charge in [0, 0.05) is 17.9 Å². The largest absolute Gasteiger partial charge is 0.339 e. The van der Waals surface area contributed by atoms with Crippen LogP contribution in [-0.2, 0) is 0 Å². The number of para-hydroxylation sites is 1. The van der Waals surface area contributed by atoms with Gasteiger partial charge in [-0.1, -0.05) is 41.4 Å². The second kappa shape index (κ2) is 5.57. The fraction of sp³-hybridized carbons (Fsp3) is 0.154. The summed E-state index contributed by atoms with van der Waals surface area (Å²) in [7, 11) is 0. The average Bonchev–Trinajstić information content (AvgIpc) is 2.33. The topological polar surface area (TPSA) is 50.9 Å². The highest BCUT2D eigenvalue weighted by Gasteiger charge is 2.09. The van der Waals surface area contributed by atoms with Crippen LogP contribution in [-0.4, -0.2) is 4.98 Å². The molecule has 0 aliphatic heterocycles. The summed E-state index contributed by atoms with van der Waals surface area (Å²) in [4.78, 5) is 4.16. The van der Waals surface area contributed by atoms with Crippen molar-refractivity contribution < 1.29 is 0 Å². The Morgan fingerprint density at radius 3 is 2.67 bits per heavy atom. The zero-order valence-corrected chi connectivity index (χ0v) is 11.3. The van der Waals surface area contributed by atoms with E-state index in [-0.39, 0.29) is 6.04 Å². The van der Waals surface area contributed by atoms with Crippen LogP contribution >= 0.6 is 23.2 Å². The summed E-state index contributed by atoms with van der Waals surface area (Å²) < 4.78 is 0. The molecule has 0 fully saturated rings. The number of rotatable bonds is 3. The third-order valence-electron chi connectivity index (χ3n) is 2.51. The zero-order chi connectivity index (χ0) is 13.1. The first-order valence-electron chi connectivity index (χ1n) is 5.50. The molecule has 0 aliphatic carbocycles. The molecule has 1 atom stereocenters. The summed E-state index contributed by atoms with van der Waals surface area (Å²) in [6, 6.07) is 9.35. The summed E-state index contributed by atoms with van der Waals surface area (Å²) in [5, 5.41) is 4.15. The quantitative estimate of drug-likeness (QED) is 0.889. The monoisotopic (exact) mass is 281 g/mol. The summed E-state index contributed by atoms with van der Waals surface area (Å²) in [5.41, 5.74) is 7.81. The molecule has 1 heterocycles. The molecule has 1 unspecified atom stereocenters. The van der Waals surface area contributed by atoms with E-state index in [1.165, 1.54) is 0 Å². The number of pyridine rings is 1. The highest BCUT2D eigenvalue weighted by atomic mass is 35.5. The fourth-order valence-electron chi connectivity index (χ4n) is 1.64. The first-order valence-corrected chi connectivity index (χ1v) is 6.26. The van der Waals surface area contributed by atoms with Crippen LogP contribution in [0.1, 0.15) is 18.5 Å². The molecule has 3 N–H and O–H groups in total. The van der Waals surface area contributed by atoms with E-state index >= 15 is 0 Å². The van der Waals surface area contributed by atoms with Gasteiger partial charge in [0.2, 0.25) is 0 Å². The van der Waals surface area contributed by atoms with Crippen LogP contribution in [0, 0.1) is 0 Å². The van der Waals surface area contributed by atoms with Crippen LogP contribution in [0.25, 0.3) is 0 Å². The molecule has 0 saturated heterocycles. The van der Waals surface area contributed by atoms with Gasteiger partial charge < -0.3 is 11.1 Å². The Labute approximate surface area is 116 Å². The van der Waals surface area contributed by atoms with Gasteiger partial charge in [-0.05, 0) is 24.6 Å². The van der Waals surface area contributed by atoms with E-state index in [1.807, 2.05) is 31.2 Å². The van der Waals surface area contributed by atoms with E-state index in [9.17, 15) is 0 Å². The van der Waals surface area contributed by atoms with Crippen LogP contribution < -0.4 is 11.1 Å². The van der Waals surface area contributed by atoms with Crippen molar-refractivity contribution in [2.75, 3.05) is 5.32 Å². The lowest BCUT2D eigenvalue weighted by Gasteiger charge is -2.14. The minimum Gasteiger partial charge on any atom is -0.339 e. The lowest BCUT2D eigenvalue weighted by molar-refractivity contribution is 0.820. The van der Waals surface area contributed by atoms with E-state index in [4.69, 9.17) is 28.9 Å². The van der Waals surface area contributed by atoms with Crippen molar-refractivity contribution >= 4 is 34.7 Å². The van der Waals surface area contributed by atoms with E-state index < -0.39 is 0 Å². The van der Waals surface area contributed by atoms with Gasteiger partial charge in [-0.25, -0.2) is 4.98 Å². The predicted octanol–water partition coefficient (Wildman–Crippen LogP) is 4.15. The molecule has 1 aromatic carbocycles. The molecule has 0 radical (unpaired) electrons. The lowest BCUT2D eigenvalue weighted by atomic mass is 10.1. The smallest absolute Gasteiger partial charge is 0.149 e. The van der Waals surface area contributed by atoms with Gasteiger partial charge in [0.1, 0.15) is 5.82 Å². The third kappa shape index (κ3) is 2.93. The summed E-state index contributed by atoms with van der Waals surface area (Å²) in [6.07, 6.45) is 1.55. The molecular weight excluding hydrogens is 269 g/mol. The number of halogens is 2. The molecule has 5 heteroatoms. The molecule has 2 rings (SSSR count). The van der Waals surface area contributed by atoms with Crippen LogP contribution in [0.3, 0.4) is 0 Å². The number of nitrogens with one attached hydrogen (secondary N) is 1. The van der Waals surface area contributed by atoms with Crippen molar-refractivity contribution in [3.8, 4) is 0 Å². The Balaban J connectivity index is 2.34. The first kappa shape index (κ1) is 13.1. The third-order valence-corrected chi connectivity index (χ3v) is 3.01. The lowest BCUT2D eigenvalue weighted by Crippen LogP contribution is -2.08. The molecule has 0 amide bonds. The van der Waals surface area contributed by atoms with Gasteiger partial charge in [-0.2, -0.15) is 0 Å². The van der Waals surface area contributed by atoms with Crippen molar-refractivity contribution in [1.82, 2.24) is 4.98 Å². The molecule has 1 aromatic heterocycles. The Kier molecular flexibility index (Phi) is 4.07. The Bertz CT molecular complexity index is 556. The molecule has 0 saturated carbocycles. The highest BCUT2D eigenvalue weighted by Crippen LogP contribution is 2.28. The van der Waals surface area contributed by atoms with Crippen molar-refractivity contribution in [3.63, 3.8) is 0 Å². The van der Waals surface area contributed by atoms with Gasteiger partial charge >= 0.3 is 0 Å². The number of hydrogen-bond donors (Lipinski definition) is 2. The van der Waals surface area contributed by atoms with Crippen molar-refractivity contribution in [1.29, 1.82) is 0 Å². The molecule has 94 valence electrons. The second-order valence-corrected chi connectivity index (χ2v) is 4.83. The minimum absolute atomic E-state index is 0.0697. The molecular formula is C13H13Cl2N3. The van der Waals surface area contributed by atoms with Crippen LogP contribution in [0.2, 0.25) is 10.0 Å². The van der Waals surface area contributed by atoms with Crippen molar-refractivity contribution in [2.24, 2.45) is 5.73 Å². The molecule has 3 nitrogen and oxygen atoms in total. The second-order valence-electron chi connectivity index (χ2n) is 3.98. The normalized spacial score (nSPS) is 12.2. The Morgan fingerprint density at radius 1 is 1.28 bits per heavy atom. The van der Waals surface area contributed by atoms with Crippen molar-refractivity contribution in [3.05, 3.63) is 52.1 Å². The maximum Gasteiger partial charge on any atom is 0.149 e. The molecule has 0 spiro atoms. The fourth-order valence-corrected chi connectivity index (χ4v) is 2.07. The van der Waals surface area contributed by atoms with E-state index in [1.54, 1.807) is 12.3 Å². The molecule has 18 heavy (non-hydrogen) atoms. The van der Waals surface area contributed by atoms with Gasteiger partial charge in [-0.15, -0.1) is 0 Å². The number of hydrogen-bond acceptors (Lipinski definition) is 3. The molecule has 0 aliphatic rings. The van der Waals surface area contributed by atoms with Gasteiger partial charge in [0.25, 0.3) is 0 Å². The van der Waals surface area contributed by atoms with Crippen LogP contribution in [0.5, 0.6) is 0 Å². The Hall–Kier alpha value is -1.29. The summed E-state index contributed by atoms with van der Waals surface area (Å²) >= 11 is 11.9. The number of nitrogens with zero attached hydrogens (tertiary/aromatic N) is 1. The summed E-state index contributed by atoms with van der Waals surface area (Å²) in [6.45, 7) is 1.93. The SMILES string of the molecule is CC(N)c1ccccc1Nc1ncc(Cl)cc1Cl. The summed E-state index contributed by atoms with van der Waals surface area (Å²) in [5.74, 6) is 0.564. The molecule has 2 aromatic rings. The minimum atomic E-state index is -0.0697. The van der Waals surface area contributed by atoms with E-state index in [0.29, 0.717) is 15.9 Å². The van der Waals surface area contributed by atoms with Gasteiger partial charge in [0.05, 0.1) is 10.0 Å². The van der Waals surface area contributed by atoms with Crippen molar-refractivity contribution in [2.45, 2.75) is 13.0 Å². The van der Waals surface area contributed by atoms with E-state index in [2.05, 4.69) is 10.3 Å². The molecule has 0 bridgehead atoms. The standard InChI is InChI=1S/C13H13Cl2N3/c1-8(16)10-4-2-3-5-12(10)18-13-11(15)6-9(14)7-17-13/h2-8H,16H2,1H3,(H,17,18). The first-order chi connectivity index (χ1) is 8.58. The number of anilines is 2. The van der Waals surface area contributed by atoms with Crippen LogP contribution in [0.4, 0.5) is 11.5 Å². The van der Waals surface area contributed by atoms with Gasteiger partial charge in [0.15, 0.2) is 0 Å². The number of benzene rings is 1. The average molecular weight is 282 g/mol. The van der Waals surface area contributed by atoms with Crippen LogP contribution in [0.15, 0.2) is 36.5 Å². The maximum absolute atomic E-state index is 6.07. The zero-order valence-electron chi connectivity index (χ0n) is 9.82. The maximum atomic E-state index is 6.07. The Morgan fingerprint density at radius 2 is 2.00 bits per heavy atom. The highest BCUT2D eigenvalue weighted by molar-refractivity contribution is 6.36.